The van der Waals surface area contributed by atoms with Crippen molar-refractivity contribution in [3.63, 3.8) is 0 Å². The van der Waals surface area contributed by atoms with Crippen molar-refractivity contribution in [3.05, 3.63) is 107 Å². The van der Waals surface area contributed by atoms with Crippen molar-refractivity contribution in [2.24, 2.45) is 0 Å². The van der Waals surface area contributed by atoms with Crippen molar-refractivity contribution in [1.29, 1.82) is 0 Å². The van der Waals surface area contributed by atoms with Gasteiger partial charge in [-0.1, -0.05) is 47.5 Å². The number of halogens is 4. The summed E-state index contributed by atoms with van der Waals surface area (Å²) in [5.41, 5.74) is 9.63. The van der Waals surface area contributed by atoms with Crippen molar-refractivity contribution in [2.45, 2.75) is 37.5 Å². The number of nitrogens with one attached hydrogen (secondary N) is 3. The number of rotatable bonds is 7. The summed E-state index contributed by atoms with van der Waals surface area (Å²) in [5.74, 6) is 0.465. The number of benzene rings is 2. The minimum atomic E-state index is -0.443. The highest BCUT2D eigenvalue weighted by Crippen LogP contribution is 2.40. The van der Waals surface area contributed by atoms with Crippen LogP contribution in [0.25, 0.3) is 45.0 Å². The van der Waals surface area contributed by atoms with Crippen LogP contribution in [0.2, 0.25) is 10.0 Å². The molecule has 1 amide bonds. The first-order chi connectivity index (χ1) is 26.9. The fourth-order valence-electron chi connectivity index (χ4n) is 6.96. The summed E-state index contributed by atoms with van der Waals surface area (Å²) in [6.07, 6.45) is 10.4. The number of amides is 1. The molecule has 0 unspecified atom stereocenters. The van der Waals surface area contributed by atoms with Gasteiger partial charge in [-0.05, 0) is 75.2 Å². The highest BCUT2D eigenvalue weighted by molar-refractivity contribution is 6.40. The molecule has 0 saturated carbocycles. The number of aliphatic hydroxyl groups is 1. The monoisotopic (exact) mass is 820 g/mol. The molecule has 0 bridgehead atoms. The van der Waals surface area contributed by atoms with Crippen LogP contribution in [0, 0.1) is 0 Å². The Hall–Kier alpha value is -4.43. The molecule has 0 radical (unpaired) electrons. The van der Waals surface area contributed by atoms with Crippen LogP contribution in [0.4, 0.5) is 0 Å². The Morgan fingerprint density at radius 3 is 1.53 bits per heavy atom. The Labute approximate surface area is 339 Å². The number of aliphatic hydroxyl groups excluding tert-OH is 1. The van der Waals surface area contributed by atoms with Gasteiger partial charge in [0.1, 0.15) is 30.6 Å². The van der Waals surface area contributed by atoms with Crippen LogP contribution in [-0.2, 0) is 4.79 Å². The van der Waals surface area contributed by atoms with Crippen molar-refractivity contribution in [1.82, 2.24) is 50.5 Å². The number of hydrogen-bond acceptors (Lipinski definition) is 9. The minimum Gasteiger partial charge on any atom is -0.387 e. The minimum absolute atomic E-state index is 0.194. The number of hydrogen-bond donors (Lipinski definition) is 4. The average molecular weight is 823 g/mol. The van der Waals surface area contributed by atoms with E-state index in [4.69, 9.17) is 51.5 Å². The summed E-state index contributed by atoms with van der Waals surface area (Å²) in [5, 5.41) is 29.8. The summed E-state index contributed by atoms with van der Waals surface area (Å²) in [6.45, 7) is 2.85. The lowest BCUT2D eigenvalue weighted by molar-refractivity contribution is -0.135. The molecule has 4 N–H and O–H groups in total. The van der Waals surface area contributed by atoms with Gasteiger partial charge < -0.3 is 15.3 Å². The van der Waals surface area contributed by atoms with E-state index in [9.17, 15) is 4.79 Å². The first kappa shape index (κ1) is 40.2. The summed E-state index contributed by atoms with van der Waals surface area (Å²) < 4.78 is 0. The maximum atomic E-state index is 11.7. The summed E-state index contributed by atoms with van der Waals surface area (Å²) >= 11 is 21.6. The molecule has 2 aliphatic rings. The number of H-pyrrole nitrogens is 2. The lowest BCUT2D eigenvalue weighted by Gasteiger charge is -2.31. The van der Waals surface area contributed by atoms with Crippen LogP contribution in [-0.4, -0.2) is 94.4 Å². The van der Waals surface area contributed by atoms with Gasteiger partial charge in [-0.25, -0.2) is 19.9 Å². The topological polar surface area (TPSA) is 161 Å². The second-order valence-corrected chi connectivity index (χ2v) is 14.5. The van der Waals surface area contributed by atoms with Crippen LogP contribution >= 0.6 is 46.4 Å². The molecule has 4 aromatic heterocycles. The second-order valence-electron chi connectivity index (χ2n) is 12.9. The standard InChI is InChI=1S/C20H20ClN5O2.C18H18ClN5.CH2Cl2/c21-15-3-1-13(2-4-15)19-18(16-5-8-22-12-23-16)20(25-24-19)14-6-9-26(10-7-14)17(28)11-27;19-14-3-1-12(2-4-14)17-16(15-7-10-21-11-22-15)18(24-23-17)13-5-8-20-9-6-13;2-1-3/h1-5,8,12,14,27H,6-7,9-11H2,(H,24,25);1-4,7,10-11,13,20H,5-6,8-9H2,(H,23,24);1H2. The van der Waals surface area contributed by atoms with Gasteiger partial charge in [-0.3, -0.25) is 15.0 Å². The number of likely N-dealkylation sites (tertiary alicyclic amines) is 1. The van der Waals surface area contributed by atoms with Gasteiger partial charge in [0.25, 0.3) is 0 Å². The van der Waals surface area contributed by atoms with Gasteiger partial charge in [0.15, 0.2) is 0 Å². The van der Waals surface area contributed by atoms with E-state index in [0.717, 1.165) is 94.5 Å². The molecule has 55 heavy (non-hydrogen) atoms. The Bertz CT molecular complexity index is 2090. The SMILES string of the molecule is ClCCl.Clc1ccc(-c2n[nH]c(C3CCNCC3)c2-c2ccncn2)cc1.O=C(CO)N1CCC(c2[nH]nc(-c3ccc(Cl)cc3)c2-c2ccncn2)CC1. The Morgan fingerprint density at radius 1 is 0.691 bits per heavy atom. The number of aromatic nitrogens is 8. The molecule has 2 aliphatic heterocycles. The lowest BCUT2D eigenvalue weighted by atomic mass is 9.89. The predicted molar refractivity (Wildman–Crippen MR) is 217 cm³/mol. The zero-order chi connectivity index (χ0) is 38.6. The largest absolute Gasteiger partial charge is 0.387 e. The zero-order valence-electron chi connectivity index (χ0n) is 29.8. The first-order valence-electron chi connectivity index (χ1n) is 17.8. The average Bonchev–Trinajstić information content (AvgIpc) is 3.89. The highest BCUT2D eigenvalue weighted by Gasteiger charge is 2.29. The van der Waals surface area contributed by atoms with E-state index in [1.807, 2.05) is 60.7 Å². The summed E-state index contributed by atoms with van der Waals surface area (Å²) in [7, 11) is 0. The van der Waals surface area contributed by atoms with E-state index in [0.29, 0.717) is 24.0 Å². The fourth-order valence-corrected chi connectivity index (χ4v) is 7.21. The van der Waals surface area contributed by atoms with E-state index in [1.165, 1.54) is 12.0 Å². The molecule has 0 aliphatic carbocycles. The van der Waals surface area contributed by atoms with E-state index in [1.54, 1.807) is 23.6 Å². The number of alkyl halides is 2. The van der Waals surface area contributed by atoms with Gasteiger partial charge in [-0.2, -0.15) is 10.2 Å². The van der Waals surface area contributed by atoms with Gasteiger partial charge >= 0.3 is 0 Å². The van der Waals surface area contributed by atoms with Crippen LogP contribution in [0.5, 0.6) is 0 Å². The van der Waals surface area contributed by atoms with Crippen LogP contribution in [0.3, 0.4) is 0 Å². The highest BCUT2D eigenvalue weighted by atomic mass is 35.5. The molecule has 0 atom stereocenters. The third-order valence-electron chi connectivity index (χ3n) is 9.64. The molecule has 8 rings (SSSR count). The van der Waals surface area contributed by atoms with Crippen molar-refractivity contribution in [2.75, 3.05) is 38.1 Å². The van der Waals surface area contributed by atoms with Crippen LogP contribution < -0.4 is 5.32 Å². The van der Waals surface area contributed by atoms with Crippen LogP contribution in [0.1, 0.15) is 48.9 Å². The predicted octanol–water partition coefficient (Wildman–Crippen LogP) is 7.96. The molecule has 2 fully saturated rings. The lowest BCUT2D eigenvalue weighted by Crippen LogP contribution is -2.39. The van der Waals surface area contributed by atoms with E-state index in [-0.39, 0.29) is 17.2 Å². The molecule has 0 spiro atoms. The molecule has 2 saturated heterocycles. The number of nitrogens with zero attached hydrogens (tertiary/aromatic N) is 7. The molecule has 16 heteroatoms. The number of aromatic amines is 2. The second kappa shape index (κ2) is 19.9. The smallest absolute Gasteiger partial charge is 0.248 e. The normalized spacial score (nSPS) is 14.7. The molecular weight excluding hydrogens is 782 g/mol. The van der Waals surface area contributed by atoms with Crippen molar-refractivity contribution >= 4 is 52.3 Å². The van der Waals surface area contributed by atoms with Crippen molar-refractivity contribution in [3.8, 4) is 45.0 Å². The summed E-state index contributed by atoms with van der Waals surface area (Å²) in [4.78, 5) is 30.4. The summed E-state index contributed by atoms with van der Waals surface area (Å²) in [6, 6.07) is 19.1. The molecule has 6 aromatic rings. The number of piperidine rings is 2. The number of carbonyl (C=O) groups is 1. The fraction of sp³-hybridized carbons (Fsp3) is 0.308. The third-order valence-corrected chi connectivity index (χ3v) is 10.1. The van der Waals surface area contributed by atoms with Gasteiger partial charge in [0.2, 0.25) is 5.91 Å². The van der Waals surface area contributed by atoms with Gasteiger partial charge in [-0.15, -0.1) is 23.2 Å². The van der Waals surface area contributed by atoms with Gasteiger partial charge in [0, 0.05) is 81.0 Å². The molecule has 2 aromatic carbocycles. The maximum Gasteiger partial charge on any atom is 0.248 e. The molecule has 286 valence electrons. The van der Waals surface area contributed by atoms with E-state index in [2.05, 4.69) is 45.6 Å². The molecule has 12 nitrogen and oxygen atoms in total. The van der Waals surface area contributed by atoms with E-state index < -0.39 is 6.61 Å². The Balaban J connectivity index is 0.000000176. The van der Waals surface area contributed by atoms with Crippen LogP contribution in [0.15, 0.2) is 85.7 Å². The zero-order valence-corrected chi connectivity index (χ0v) is 32.8. The molecule has 6 heterocycles. The number of carbonyl (C=O) groups excluding carboxylic acids is 1. The Kier molecular flexibility index (Phi) is 14.6. The molecular formula is C39H40Cl4N10O2. The third kappa shape index (κ3) is 10.1. The van der Waals surface area contributed by atoms with Gasteiger partial charge in [0.05, 0.1) is 16.7 Å². The van der Waals surface area contributed by atoms with E-state index >= 15 is 0 Å². The van der Waals surface area contributed by atoms with Crippen molar-refractivity contribution < 1.29 is 9.90 Å². The maximum absolute atomic E-state index is 11.7. The quantitative estimate of drug-likeness (QED) is 0.117. The Morgan fingerprint density at radius 2 is 1.13 bits per heavy atom. The first-order valence-corrected chi connectivity index (χ1v) is 19.7.